The van der Waals surface area contributed by atoms with Crippen molar-refractivity contribution in [3.05, 3.63) is 48.0 Å². The Hall–Kier alpha value is -1.72. The van der Waals surface area contributed by atoms with Crippen LogP contribution in [0.5, 0.6) is 0 Å². The van der Waals surface area contributed by atoms with E-state index in [1.165, 1.54) is 0 Å². The van der Waals surface area contributed by atoms with Gasteiger partial charge in [0.05, 0.1) is 13.1 Å². The average molecular weight is 329 g/mol. The maximum Gasteiger partial charge on any atom is 0.277 e. The van der Waals surface area contributed by atoms with Gasteiger partial charge in [-0.05, 0) is 22.8 Å². The fourth-order valence-corrected chi connectivity index (χ4v) is 2.04. The van der Waals surface area contributed by atoms with E-state index in [4.69, 9.17) is 5.73 Å². The van der Waals surface area contributed by atoms with Crippen LogP contribution in [0.15, 0.2) is 42.5 Å². The molecule has 0 radical (unpaired) electrons. The van der Waals surface area contributed by atoms with E-state index < -0.39 is 24.9 Å². The zero-order chi connectivity index (χ0) is 15.3. The Labute approximate surface area is 134 Å². The van der Waals surface area contributed by atoms with Gasteiger partial charge in [0.1, 0.15) is 0 Å². The SMILES string of the molecule is Cl.NCC(F)(F)CNC(=O)CCc1ccc2ccccc2c1. The van der Waals surface area contributed by atoms with Crippen LogP contribution in [0.4, 0.5) is 8.78 Å². The third-order valence-electron chi connectivity index (χ3n) is 3.30. The summed E-state index contributed by atoms with van der Waals surface area (Å²) in [7, 11) is 0. The Bertz CT molecular complexity index is 634. The lowest BCUT2D eigenvalue weighted by Crippen LogP contribution is -2.41. The summed E-state index contributed by atoms with van der Waals surface area (Å²) in [6.07, 6.45) is 0.698. The fraction of sp³-hybridized carbons (Fsp3) is 0.312. The molecule has 0 spiro atoms. The lowest BCUT2D eigenvalue weighted by molar-refractivity contribution is -0.122. The summed E-state index contributed by atoms with van der Waals surface area (Å²) in [6, 6.07) is 13.9. The standard InChI is InChI=1S/C16H18F2N2O.ClH/c17-16(18,10-19)11-20-15(21)8-6-12-5-7-13-3-1-2-4-14(13)9-12;/h1-5,7,9H,6,8,10-11,19H2,(H,20,21);1H. The molecule has 2 aromatic rings. The van der Waals surface area contributed by atoms with Crippen molar-refractivity contribution in [1.82, 2.24) is 5.32 Å². The predicted molar refractivity (Wildman–Crippen MR) is 86.5 cm³/mol. The average Bonchev–Trinajstić information content (AvgIpc) is 2.51. The van der Waals surface area contributed by atoms with Gasteiger partial charge in [0, 0.05) is 6.42 Å². The van der Waals surface area contributed by atoms with Gasteiger partial charge in [-0.3, -0.25) is 4.79 Å². The van der Waals surface area contributed by atoms with E-state index in [9.17, 15) is 13.6 Å². The van der Waals surface area contributed by atoms with Crippen molar-refractivity contribution in [2.75, 3.05) is 13.1 Å². The molecular formula is C16H19ClF2N2O. The monoisotopic (exact) mass is 328 g/mol. The zero-order valence-corrected chi connectivity index (χ0v) is 12.8. The third-order valence-corrected chi connectivity index (χ3v) is 3.30. The van der Waals surface area contributed by atoms with Crippen molar-refractivity contribution in [3.8, 4) is 0 Å². The molecule has 2 rings (SSSR count). The molecule has 0 heterocycles. The molecule has 6 heteroatoms. The number of nitrogens with one attached hydrogen (secondary N) is 1. The van der Waals surface area contributed by atoms with Gasteiger partial charge in [0.25, 0.3) is 5.92 Å². The van der Waals surface area contributed by atoms with E-state index >= 15 is 0 Å². The number of hydrogen-bond donors (Lipinski definition) is 2. The number of hydrogen-bond acceptors (Lipinski definition) is 2. The van der Waals surface area contributed by atoms with Gasteiger partial charge in [-0.25, -0.2) is 8.78 Å². The normalized spacial score (nSPS) is 11.0. The first-order valence-electron chi connectivity index (χ1n) is 6.82. The lowest BCUT2D eigenvalue weighted by Gasteiger charge is -2.14. The van der Waals surface area contributed by atoms with Crippen LogP contribution in [-0.4, -0.2) is 24.9 Å². The van der Waals surface area contributed by atoms with Crippen LogP contribution in [0.3, 0.4) is 0 Å². The van der Waals surface area contributed by atoms with Crippen LogP contribution in [-0.2, 0) is 11.2 Å². The van der Waals surface area contributed by atoms with Gasteiger partial charge in [-0.15, -0.1) is 12.4 Å². The number of rotatable bonds is 6. The smallest absolute Gasteiger partial charge is 0.277 e. The number of aryl methyl sites for hydroxylation is 1. The number of alkyl halides is 2. The molecule has 0 aliphatic carbocycles. The molecule has 0 saturated carbocycles. The van der Waals surface area contributed by atoms with Crippen LogP contribution >= 0.6 is 12.4 Å². The summed E-state index contributed by atoms with van der Waals surface area (Å²) in [5.41, 5.74) is 5.92. The summed E-state index contributed by atoms with van der Waals surface area (Å²) in [4.78, 5) is 11.6. The topological polar surface area (TPSA) is 55.1 Å². The summed E-state index contributed by atoms with van der Waals surface area (Å²) in [6.45, 7) is -1.47. The highest BCUT2D eigenvalue weighted by atomic mass is 35.5. The Morgan fingerprint density at radius 3 is 2.50 bits per heavy atom. The highest BCUT2D eigenvalue weighted by Gasteiger charge is 2.26. The van der Waals surface area contributed by atoms with Crippen molar-refractivity contribution >= 4 is 29.1 Å². The molecular weight excluding hydrogens is 310 g/mol. The fourth-order valence-electron chi connectivity index (χ4n) is 2.04. The molecule has 0 aliphatic heterocycles. The Morgan fingerprint density at radius 2 is 1.82 bits per heavy atom. The number of nitrogens with two attached hydrogens (primary N) is 1. The van der Waals surface area contributed by atoms with Crippen molar-refractivity contribution in [1.29, 1.82) is 0 Å². The number of carbonyl (C=O) groups excluding carboxylic acids is 1. The van der Waals surface area contributed by atoms with Crippen LogP contribution in [0, 0.1) is 0 Å². The molecule has 3 nitrogen and oxygen atoms in total. The Balaban J connectivity index is 0.00000242. The molecule has 0 saturated heterocycles. The largest absolute Gasteiger partial charge is 0.350 e. The van der Waals surface area contributed by atoms with E-state index in [-0.39, 0.29) is 18.8 Å². The maximum absolute atomic E-state index is 12.9. The third kappa shape index (κ3) is 5.24. The van der Waals surface area contributed by atoms with Gasteiger partial charge in [0.2, 0.25) is 5.91 Å². The lowest BCUT2D eigenvalue weighted by atomic mass is 10.0. The Kier molecular flexibility index (Phi) is 6.71. The minimum absolute atomic E-state index is 0. The number of benzene rings is 2. The molecule has 1 amide bonds. The molecule has 3 N–H and O–H groups in total. The minimum Gasteiger partial charge on any atom is -0.350 e. The number of amides is 1. The number of carbonyl (C=O) groups is 1. The second kappa shape index (κ2) is 8.06. The van der Waals surface area contributed by atoms with E-state index in [1.807, 2.05) is 42.5 Å². The van der Waals surface area contributed by atoms with Crippen LogP contribution in [0.1, 0.15) is 12.0 Å². The maximum atomic E-state index is 12.9. The van der Waals surface area contributed by atoms with Crippen molar-refractivity contribution in [2.45, 2.75) is 18.8 Å². The van der Waals surface area contributed by atoms with Gasteiger partial charge >= 0.3 is 0 Å². The van der Waals surface area contributed by atoms with Gasteiger partial charge in [0.15, 0.2) is 0 Å². The van der Waals surface area contributed by atoms with Crippen molar-refractivity contribution in [3.63, 3.8) is 0 Å². The first-order valence-corrected chi connectivity index (χ1v) is 6.82. The van der Waals surface area contributed by atoms with Gasteiger partial charge in [-0.1, -0.05) is 42.5 Å². The first-order chi connectivity index (χ1) is 10.00. The molecule has 2 aromatic carbocycles. The zero-order valence-electron chi connectivity index (χ0n) is 12.0. The summed E-state index contributed by atoms with van der Waals surface area (Å²) in [5.74, 6) is -3.44. The molecule has 0 unspecified atom stereocenters. The van der Waals surface area contributed by atoms with Crippen molar-refractivity contribution < 1.29 is 13.6 Å². The molecule has 0 atom stereocenters. The molecule has 22 heavy (non-hydrogen) atoms. The van der Waals surface area contributed by atoms with Gasteiger partial charge in [-0.2, -0.15) is 0 Å². The van der Waals surface area contributed by atoms with E-state index in [1.54, 1.807) is 0 Å². The molecule has 0 aliphatic rings. The highest BCUT2D eigenvalue weighted by Crippen LogP contribution is 2.16. The van der Waals surface area contributed by atoms with E-state index in [0.29, 0.717) is 6.42 Å². The van der Waals surface area contributed by atoms with Gasteiger partial charge < -0.3 is 11.1 Å². The summed E-state index contributed by atoms with van der Waals surface area (Å²) >= 11 is 0. The minimum atomic E-state index is -3.04. The van der Waals surface area contributed by atoms with E-state index in [2.05, 4.69) is 5.32 Å². The molecule has 0 fully saturated rings. The van der Waals surface area contributed by atoms with Crippen molar-refractivity contribution in [2.24, 2.45) is 5.73 Å². The number of halogens is 3. The van der Waals surface area contributed by atoms with E-state index in [0.717, 1.165) is 16.3 Å². The molecule has 0 aromatic heterocycles. The summed E-state index contributed by atoms with van der Waals surface area (Å²) in [5, 5.41) is 4.45. The molecule has 120 valence electrons. The molecule has 0 bridgehead atoms. The first kappa shape index (κ1) is 18.3. The predicted octanol–water partition coefficient (Wildman–Crippen LogP) is 2.90. The number of fused-ring (bicyclic) bond motifs is 1. The Morgan fingerprint density at radius 1 is 1.14 bits per heavy atom. The van der Waals surface area contributed by atoms with Crippen LogP contribution < -0.4 is 11.1 Å². The second-order valence-electron chi connectivity index (χ2n) is 5.02. The highest BCUT2D eigenvalue weighted by molar-refractivity contribution is 5.85. The summed E-state index contributed by atoms with van der Waals surface area (Å²) < 4.78 is 25.8. The van der Waals surface area contributed by atoms with Crippen LogP contribution in [0.25, 0.3) is 10.8 Å². The van der Waals surface area contributed by atoms with Crippen LogP contribution in [0.2, 0.25) is 0 Å². The second-order valence-corrected chi connectivity index (χ2v) is 5.02. The quantitative estimate of drug-likeness (QED) is 0.856.